The van der Waals surface area contributed by atoms with E-state index in [0.29, 0.717) is 13.1 Å². The van der Waals surface area contributed by atoms with Gasteiger partial charge in [-0.05, 0) is 38.7 Å². The summed E-state index contributed by atoms with van der Waals surface area (Å²) in [5, 5.41) is 13.5. The van der Waals surface area contributed by atoms with Crippen molar-refractivity contribution in [2.24, 2.45) is 5.92 Å². The Kier molecular flexibility index (Phi) is 6.15. The van der Waals surface area contributed by atoms with Crippen LogP contribution in [0.4, 0.5) is 5.69 Å². The molecule has 2 aromatic rings. The molecule has 9 heteroatoms. The molecule has 0 unspecified atom stereocenters. The first-order valence-electron chi connectivity index (χ1n) is 12.1. The van der Waals surface area contributed by atoms with Crippen LogP contribution in [0.2, 0.25) is 0 Å². The lowest BCUT2D eigenvalue weighted by Crippen LogP contribution is -2.42. The van der Waals surface area contributed by atoms with E-state index in [-0.39, 0.29) is 29.2 Å². The predicted molar refractivity (Wildman–Crippen MR) is 134 cm³/mol. The summed E-state index contributed by atoms with van der Waals surface area (Å²) in [6.07, 6.45) is 5.29. The van der Waals surface area contributed by atoms with Crippen molar-refractivity contribution in [3.8, 4) is 17.3 Å². The van der Waals surface area contributed by atoms with E-state index < -0.39 is 15.4 Å². The van der Waals surface area contributed by atoms with Gasteiger partial charge in [-0.15, -0.1) is 11.3 Å². The molecule has 180 valence electrons. The second-order valence-electron chi connectivity index (χ2n) is 9.78. The number of nitrogens with one attached hydrogen (secondary N) is 1. The quantitative estimate of drug-likeness (QED) is 0.673. The molecule has 1 aromatic heterocycles. The third kappa shape index (κ3) is 4.58. The zero-order valence-corrected chi connectivity index (χ0v) is 21.1. The summed E-state index contributed by atoms with van der Waals surface area (Å²) in [5.41, 5.74) is 2.26. The van der Waals surface area contributed by atoms with Gasteiger partial charge in [-0.2, -0.15) is 5.26 Å². The van der Waals surface area contributed by atoms with Crippen LogP contribution in [0, 0.1) is 24.2 Å². The highest BCUT2D eigenvalue weighted by atomic mass is 32.2. The van der Waals surface area contributed by atoms with E-state index in [1.807, 2.05) is 25.1 Å². The van der Waals surface area contributed by atoms with Gasteiger partial charge < -0.3 is 10.2 Å². The number of aromatic nitrogens is 1. The van der Waals surface area contributed by atoms with Gasteiger partial charge in [0.1, 0.15) is 5.54 Å². The van der Waals surface area contributed by atoms with Crippen LogP contribution in [0.5, 0.6) is 0 Å². The number of hydrogen-bond donors (Lipinski definition) is 1. The molecule has 2 aliphatic carbocycles. The van der Waals surface area contributed by atoms with Crippen LogP contribution >= 0.6 is 11.3 Å². The highest BCUT2D eigenvalue weighted by Crippen LogP contribution is 2.47. The van der Waals surface area contributed by atoms with E-state index in [2.05, 4.69) is 22.4 Å². The Morgan fingerprint density at radius 3 is 2.62 bits per heavy atom. The fraction of sp³-hybridized carbons (Fsp3) is 0.560. The Hall–Kier alpha value is -2.44. The zero-order valence-electron chi connectivity index (χ0n) is 19.4. The van der Waals surface area contributed by atoms with Gasteiger partial charge in [-0.3, -0.25) is 4.79 Å². The molecule has 3 aliphatic rings. The first-order valence-corrected chi connectivity index (χ1v) is 14.7. The number of anilines is 1. The molecule has 1 N–H and O–H groups in total. The first kappa shape index (κ1) is 23.3. The van der Waals surface area contributed by atoms with Crippen LogP contribution in [0.3, 0.4) is 0 Å². The molecule has 2 saturated carbocycles. The Balaban J connectivity index is 1.48. The molecule has 0 bridgehead atoms. The standard InChI is InChI=1S/C25H30N4O3S2/c1-17-27-22(20-8-4-5-9-21(20)29-12-14-34(31,32)15-13-29)23(33-17)18-6-2-3-7-19(18)24(30)28-25(16-26)10-11-25/h4-5,8-9,18-19H,2-3,6-7,10-15H2,1H3,(H,28,30)/t18-,19-/m1/s1. The number of amides is 1. The number of nitrogens with zero attached hydrogens (tertiary/aromatic N) is 3. The number of carbonyl (C=O) groups is 1. The van der Waals surface area contributed by atoms with E-state index in [4.69, 9.17) is 4.98 Å². The molecule has 2 heterocycles. The summed E-state index contributed by atoms with van der Waals surface area (Å²) in [5.74, 6) is 0.228. The third-order valence-electron chi connectivity index (χ3n) is 7.37. The average molecular weight is 499 g/mol. The molecule has 34 heavy (non-hydrogen) atoms. The van der Waals surface area contributed by atoms with Crippen LogP contribution in [0.1, 0.15) is 54.3 Å². The van der Waals surface area contributed by atoms with Crippen molar-refractivity contribution in [2.75, 3.05) is 29.5 Å². The normalized spacial score (nSPS) is 25.4. The second-order valence-corrected chi connectivity index (χ2v) is 13.3. The Morgan fingerprint density at radius 1 is 1.21 bits per heavy atom. The highest BCUT2D eigenvalue weighted by Gasteiger charge is 2.47. The van der Waals surface area contributed by atoms with Gasteiger partial charge in [-0.25, -0.2) is 13.4 Å². The number of hydrogen-bond acceptors (Lipinski definition) is 7. The summed E-state index contributed by atoms with van der Waals surface area (Å²) in [7, 11) is -2.97. The molecule has 1 aromatic carbocycles. The Morgan fingerprint density at radius 2 is 1.91 bits per heavy atom. The number of thiazole rings is 1. The Bertz CT molecular complexity index is 1230. The maximum Gasteiger partial charge on any atom is 0.224 e. The molecule has 1 amide bonds. The lowest BCUT2D eigenvalue weighted by Gasteiger charge is -2.32. The average Bonchev–Trinajstić information content (AvgIpc) is 3.50. The van der Waals surface area contributed by atoms with E-state index in [0.717, 1.165) is 65.4 Å². The van der Waals surface area contributed by atoms with Crippen molar-refractivity contribution in [1.29, 1.82) is 5.26 Å². The van der Waals surface area contributed by atoms with Crippen molar-refractivity contribution in [1.82, 2.24) is 10.3 Å². The SMILES string of the molecule is Cc1nc(-c2ccccc2N2CCS(=O)(=O)CC2)c([C@@H]2CCCC[C@H]2C(=O)NC2(C#N)CC2)s1. The number of rotatable bonds is 5. The number of carbonyl (C=O) groups excluding carboxylic acids is 1. The van der Waals surface area contributed by atoms with Crippen molar-refractivity contribution in [3.05, 3.63) is 34.2 Å². The molecular formula is C25H30N4O3S2. The van der Waals surface area contributed by atoms with E-state index in [1.54, 1.807) is 11.3 Å². The van der Waals surface area contributed by atoms with E-state index in [9.17, 15) is 18.5 Å². The lowest BCUT2D eigenvalue weighted by molar-refractivity contribution is -0.127. The smallest absolute Gasteiger partial charge is 0.224 e. The van der Waals surface area contributed by atoms with Crippen LogP contribution in [-0.4, -0.2) is 49.4 Å². The third-order valence-corrected chi connectivity index (χ3v) is 10.1. The van der Waals surface area contributed by atoms with Crippen LogP contribution in [0.25, 0.3) is 11.3 Å². The number of benzene rings is 1. The molecule has 0 spiro atoms. The fourth-order valence-corrected chi connectivity index (χ4v) is 7.61. The van der Waals surface area contributed by atoms with Crippen molar-refractivity contribution in [2.45, 2.75) is 56.9 Å². The second kappa shape index (κ2) is 8.97. The summed E-state index contributed by atoms with van der Waals surface area (Å²) in [4.78, 5) is 21.5. The first-order chi connectivity index (χ1) is 16.3. The van der Waals surface area contributed by atoms with Crippen molar-refractivity contribution >= 4 is 32.8 Å². The monoisotopic (exact) mass is 498 g/mol. The molecule has 7 nitrogen and oxygen atoms in total. The predicted octanol–water partition coefficient (Wildman–Crippen LogP) is 3.80. The van der Waals surface area contributed by atoms with Crippen LogP contribution in [-0.2, 0) is 14.6 Å². The number of aryl methyl sites for hydroxylation is 1. The molecule has 1 saturated heterocycles. The molecule has 3 fully saturated rings. The van der Waals surface area contributed by atoms with Crippen molar-refractivity contribution in [3.63, 3.8) is 0 Å². The Labute approximate surface area is 205 Å². The maximum absolute atomic E-state index is 13.3. The number of para-hydroxylation sites is 1. The van der Waals surface area contributed by atoms with Crippen LogP contribution in [0.15, 0.2) is 24.3 Å². The summed E-state index contributed by atoms with van der Waals surface area (Å²) < 4.78 is 24.0. The minimum absolute atomic E-state index is 0.00437. The fourth-order valence-electron chi connectivity index (χ4n) is 5.27. The molecule has 1 aliphatic heterocycles. The van der Waals surface area contributed by atoms with Gasteiger partial charge >= 0.3 is 0 Å². The number of nitriles is 1. The lowest BCUT2D eigenvalue weighted by atomic mass is 9.77. The summed E-state index contributed by atoms with van der Waals surface area (Å²) >= 11 is 1.66. The van der Waals surface area contributed by atoms with E-state index >= 15 is 0 Å². The largest absolute Gasteiger partial charge is 0.369 e. The highest BCUT2D eigenvalue weighted by molar-refractivity contribution is 7.91. The molecule has 2 atom stereocenters. The van der Waals surface area contributed by atoms with Gasteiger partial charge in [0.05, 0.1) is 28.3 Å². The van der Waals surface area contributed by atoms with Gasteiger partial charge in [0.2, 0.25) is 5.91 Å². The van der Waals surface area contributed by atoms with Crippen molar-refractivity contribution < 1.29 is 13.2 Å². The topological polar surface area (TPSA) is 103 Å². The maximum atomic E-state index is 13.3. The minimum Gasteiger partial charge on any atom is -0.369 e. The summed E-state index contributed by atoms with van der Waals surface area (Å²) in [6.45, 7) is 2.95. The minimum atomic E-state index is -2.97. The summed E-state index contributed by atoms with van der Waals surface area (Å²) in [6, 6.07) is 10.4. The molecule has 5 rings (SSSR count). The molecule has 0 radical (unpaired) electrons. The van der Waals surface area contributed by atoms with Gasteiger partial charge in [0.25, 0.3) is 0 Å². The number of sulfone groups is 1. The van der Waals surface area contributed by atoms with Gasteiger partial charge in [-0.1, -0.05) is 31.0 Å². The molecular weight excluding hydrogens is 468 g/mol. The zero-order chi connectivity index (χ0) is 23.9. The van der Waals surface area contributed by atoms with Gasteiger partial charge in [0.15, 0.2) is 9.84 Å². The van der Waals surface area contributed by atoms with Crippen LogP contribution < -0.4 is 10.2 Å². The van der Waals surface area contributed by atoms with Gasteiger partial charge in [0, 0.05) is 41.1 Å². The van der Waals surface area contributed by atoms with E-state index in [1.165, 1.54) is 0 Å².